The van der Waals surface area contributed by atoms with E-state index in [1.54, 1.807) is 38.1 Å². The van der Waals surface area contributed by atoms with Crippen molar-refractivity contribution in [3.8, 4) is 0 Å². The van der Waals surface area contributed by atoms with Crippen LogP contribution in [-0.2, 0) is 16.8 Å². The summed E-state index contributed by atoms with van der Waals surface area (Å²) in [6.07, 6.45) is 1.33. The number of carboxylic acids is 1. The predicted octanol–water partition coefficient (Wildman–Crippen LogP) is 5.01. The first-order valence-electron chi connectivity index (χ1n) is 10.2. The first-order valence-corrected chi connectivity index (χ1v) is 10.9. The molecule has 1 atom stereocenters. The number of nitrogens with two attached hydrogens (primary N) is 1. The lowest BCUT2D eigenvalue weighted by molar-refractivity contribution is -0.136. The molecule has 1 heterocycles. The summed E-state index contributed by atoms with van der Waals surface area (Å²) in [4.78, 5) is 32.6. The van der Waals surface area contributed by atoms with Gasteiger partial charge in [-0.05, 0) is 49.7 Å². The highest BCUT2D eigenvalue weighted by atomic mass is 35.5. The first kappa shape index (κ1) is 24.6. The molecular weight excluding hydrogens is 463 g/mol. The van der Waals surface area contributed by atoms with E-state index in [9.17, 15) is 9.59 Å². The van der Waals surface area contributed by atoms with Crippen molar-refractivity contribution in [3.63, 3.8) is 0 Å². The lowest BCUT2D eigenvalue weighted by Gasteiger charge is -2.23. The summed E-state index contributed by atoms with van der Waals surface area (Å²) in [7, 11) is 0. The Hall–Kier alpha value is -3.00. The maximum absolute atomic E-state index is 12.5. The lowest BCUT2D eigenvalue weighted by atomic mass is 9.94. The van der Waals surface area contributed by atoms with Crippen molar-refractivity contribution in [1.82, 2.24) is 9.97 Å². The highest BCUT2D eigenvalue weighted by molar-refractivity contribution is 6.42. The highest BCUT2D eigenvalue weighted by Crippen LogP contribution is 2.27. The number of nitrogens with zero attached hydrogens (tertiary/aromatic N) is 2. The number of aromatic nitrogens is 2. The molecule has 1 unspecified atom stereocenters. The van der Waals surface area contributed by atoms with E-state index in [1.807, 2.05) is 19.1 Å². The van der Waals surface area contributed by atoms with Crippen LogP contribution in [0.5, 0.6) is 0 Å². The quantitative estimate of drug-likeness (QED) is 0.431. The van der Waals surface area contributed by atoms with Gasteiger partial charge in [-0.3, -0.25) is 9.59 Å². The molecule has 0 saturated heterocycles. The zero-order valence-electron chi connectivity index (χ0n) is 18.4. The van der Waals surface area contributed by atoms with E-state index in [4.69, 9.17) is 34.0 Å². The maximum Gasteiger partial charge on any atom is 0.307 e. The van der Waals surface area contributed by atoms with Crippen molar-refractivity contribution in [3.05, 3.63) is 86.9 Å². The molecule has 9 heteroatoms. The third-order valence-electron chi connectivity index (χ3n) is 5.07. The molecule has 0 aliphatic rings. The number of hydrogen-bond donors (Lipinski definition) is 3. The number of hydrogen-bond acceptors (Lipinski definition) is 5. The van der Waals surface area contributed by atoms with Crippen molar-refractivity contribution in [1.29, 1.82) is 0 Å². The van der Waals surface area contributed by atoms with Crippen LogP contribution < -0.4 is 11.1 Å². The number of amides is 1. The van der Waals surface area contributed by atoms with Crippen LogP contribution in [0.4, 0.5) is 5.69 Å². The largest absolute Gasteiger partial charge is 0.481 e. The number of rotatable bonds is 7. The van der Waals surface area contributed by atoms with E-state index in [2.05, 4.69) is 15.3 Å². The minimum atomic E-state index is -0.969. The van der Waals surface area contributed by atoms with Gasteiger partial charge >= 0.3 is 5.97 Å². The Balaban J connectivity index is 1.79. The Morgan fingerprint density at radius 2 is 1.79 bits per heavy atom. The number of nitrogens with one attached hydrogen (secondary N) is 1. The lowest BCUT2D eigenvalue weighted by Crippen LogP contribution is -2.32. The van der Waals surface area contributed by atoms with Gasteiger partial charge in [0.25, 0.3) is 5.91 Å². The monoisotopic (exact) mass is 486 g/mol. The topological polar surface area (TPSA) is 118 Å². The van der Waals surface area contributed by atoms with Gasteiger partial charge in [0.2, 0.25) is 0 Å². The molecule has 3 aromatic rings. The third-order valence-corrected chi connectivity index (χ3v) is 5.81. The SMILES string of the molecule is CC(c1ccc(NC(=O)c2ccc(Cl)c(Cl)c2)cc1)c1ncc(CC(=O)O)c(C(C)(C)N)n1. The second kappa shape index (κ2) is 9.87. The molecule has 0 aliphatic heterocycles. The second-order valence-corrected chi connectivity index (χ2v) is 9.14. The van der Waals surface area contributed by atoms with Gasteiger partial charge in [0.1, 0.15) is 5.82 Å². The van der Waals surface area contributed by atoms with Crippen LogP contribution in [0.1, 0.15) is 59.7 Å². The second-order valence-electron chi connectivity index (χ2n) is 8.32. The molecule has 7 nitrogen and oxygen atoms in total. The van der Waals surface area contributed by atoms with E-state index in [0.717, 1.165) is 5.56 Å². The Labute approximate surface area is 202 Å². The Bertz CT molecular complexity index is 1190. The molecule has 1 aromatic heterocycles. The summed E-state index contributed by atoms with van der Waals surface area (Å²) in [6, 6.07) is 12.0. The summed E-state index contributed by atoms with van der Waals surface area (Å²) >= 11 is 11.9. The molecule has 0 radical (unpaired) electrons. The van der Waals surface area contributed by atoms with Crippen molar-refractivity contribution in [2.75, 3.05) is 5.32 Å². The summed E-state index contributed by atoms with van der Waals surface area (Å²) in [5, 5.41) is 12.7. The average molecular weight is 487 g/mol. The van der Waals surface area contributed by atoms with Gasteiger partial charge in [-0.25, -0.2) is 9.97 Å². The van der Waals surface area contributed by atoms with Crippen LogP contribution in [0, 0.1) is 0 Å². The molecule has 0 aliphatic carbocycles. The molecule has 4 N–H and O–H groups in total. The molecule has 172 valence electrons. The summed E-state index contributed by atoms with van der Waals surface area (Å²) < 4.78 is 0. The fourth-order valence-corrected chi connectivity index (χ4v) is 3.62. The molecule has 0 bridgehead atoms. The Morgan fingerprint density at radius 3 is 2.36 bits per heavy atom. The number of anilines is 1. The van der Waals surface area contributed by atoms with Crippen LogP contribution in [0.15, 0.2) is 48.7 Å². The third kappa shape index (κ3) is 6.07. The van der Waals surface area contributed by atoms with E-state index >= 15 is 0 Å². The molecule has 0 fully saturated rings. The first-order chi connectivity index (χ1) is 15.5. The molecule has 33 heavy (non-hydrogen) atoms. The van der Waals surface area contributed by atoms with E-state index in [0.29, 0.717) is 38.4 Å². The number of halogens is 2. The van der Waals surface area contributed by atoms with Crippen LogP contribution in [0.3, 0.4) is 0 Å². The van der Waals surface area contributed by atoms with E-state index in [1.165, 1.54) is 12.3 Å². The van der Waals surface area contributed by atoms with Crippen molar-refractivity contribution in [2.45, 2.75) is 38.6 Å². The zero-order chi connectivity index (χ0) is 24.3. The van der Waals surface area contributed by atoms with Gasteiger partial charge in [-0.2, -0.15) is 0 Å². The highest BCUT2D eigenvalue weighted by Gasteiger charge is 2.24. The van der Waals surface area contributed by atoms with E-state index < -0.39 is 11.5 Å². The van der Waals surface area contributed by atoms with Crippen LogP contribution in [0.25, 0.3) is 0 Å². The predicted molar refractivity (Wildman–Crippen MR) is 129 cm³/mol. The standard InChI is InChI=1S/C24H24Cl2N4O3/c1-13(22-28-12-16(11-20(31)32)21(30-22)24(2,3)27)14-4-7-17(8-5-14)29-23(33)15-6-9-18(25)19(26)10-15/h4-10,12-13H,11,27H2,1-3H3,(H,29,33)(H,31,32). The number of carbonyl (C=O) groups is 2. The van der Waals surface area contributed by atoms with Crippen molar-refractivity contribution >= 4 is 40.8 Å². The Kier molecular flexibility index (Phi) is 7.37. The number of carbonyl (C=O) groups excluding carboxylic acids is 1. The number of aliphatic carboxylic acids is 1. The Morgan fingerprint density at radius 1 is 1.12 bits per heavy atom. The molecule has 0 saturated carbocycles. The van der Waals surface area contributed by atoms with Gasteiger partial charge < -0.3 is 16.2 Å². The van der Waals surface area contributed by atoms with Gasteiger partial charge in [0, 0.05) is 28.9 Å². The van der Waals surface area contributed by atoms with Gasteiger partial charge in [0.15, 0.2) is 0 Å². The van der Waals surface area contributed by atoms with Crippen molar-refractivity contribution in [2.24, 2.45) is 5.73 Å². The molecule has 1 amide bonds. The van der Waals surface area contributed by atoms with Gasteiger partial charge in [0.05, 0.1) is 27.7 Å². The molecule has 0 spiro atoms. The summed E-state index contributed by atoms with van der Waals surface area (Å²) in [5.74, 6) is -0.917. The minimum absolute atomic E-state index is 0.176. The average Bonchev–Trinajstić information content (AvgIpc) is 2.74. The van der Waals surface area contributed by atoms with Crippen LogP contribution in [-0.4, -0.2) is 27.0 Å². The summed E-state index contributed by atoms with van der Waals surface area (Å²) in [5.41, 5.74) is 8.35. The molecular formula is C24H24Cl2N4O3. The van der Waals surface area contributed by atoms with Crippen molar-refractivity contribution < 1.29 is 14.7 Å². The van der Waals surface area contributed by atoms with Gasteiger partial charge in [-0.1, -0.05) is 42.3 Å². The number of carboxylic acid groups (broad SMARTS) is 1. The number of benzene rings is 2. The van der Waals surface area contributed by atoms with Crippen LogP contribution in [0.2, 0.25) is 10.0 Å². The van der Waals surface area contributed by atoms with Gasteiger partial charge in [-0.15, -0.1) is 0 Å². The maximum atomic E-state index is 12.5. The fraction of sp³-hybridized carbons (Fsp3) is 0.250. The smallest absolute Gasteiger partial charge is 0.307 e. The van der Waals surface area contributed by atoms with E-state index in [-0.39, 0.29) is 18.2 Å². The summed E-state index contributed by atoms with van der Waals surface area (Å²) in [6.45, 7) is 5.50. The normalized spacial score (nSPS) is 12.3. The fourth-order valence-electron chi connectivity index (χ4n) is 3.32. The van der Waals surface area contributed by atoms with Crippen LogP contribution >= 0.6 is 23.2 Å². The zero-order valence-corrected chi connectivity index (χ0v) is 19.9. The molecule has 2 aromatic carbocycles. The molecule has 3 rings (SSSR count). The minimum Gasteiger partial charge on any atom is -0.481 e.